The minimum atomic E-state index is -3.75. The summed E-state index contributed by atoms with van der Waals surface area (Å²) < 4.78 is 32.2. The van der Waals surface area contributed by atoms with E-state index < -0.39 is 10.0 Å². The smallest absolute Gasteiger partial charge is 0.244 e. The largest absolute Gasteiger partial charge is 0.495 e. The molecule has 1 N–H and O–H groups in total. The van der Waals surface area contributed by atoms with Crippen molar-refractivity contribution in [2.24, 2.45) is 0 Å². The van der Waals surface area contributed by atoms with Gasteiger partial charge < -0.3 is 9.64 Å². The van der Waals surface area contributed by atoms with Crippen molar-refractivity contribution in [3.05, 3.63) is 23.2 Å². The predicted molar refractivity (Wildman–Crippen MR) is 83.6 cm³/mol. The minimum Gasteiger partial charge on any atom is -0.495 e. The molecule has 1 saturated carbocycles. The lowest BCUT2D eigenvalue weighted by Gasteiger charge is -2.20. The van der Waals surface area contributed by atoms with E-state index in [-0.39, 0.29) is 29.1 Å². The Morgan fingerprint density at radius 1 is 1.45 bits per heavy atom. The van der Waals surface area contributed by atoms with Crippen molar-refractivity contribution < 1.29 is 17.9 Å². The number of hydrogen-bond acceptors (Lipinski definition) is 4. The number of ether oxygens (including phenoxy) is 1. The molecule has 8 heteroatoms. The summed E-state index contributed by atoms with van der Waals surface area (Å²) in [6.07, 6.45) is 1.96. The van der Waals surface area contributed by atoms with Crippen LogP contribution >= 0.6 is 11.6 Å². The van der Waals surface area contributed by atoms with Gasteiger partial charge >= 0.3 is 0 Å². The van der Waals surface area contributed by atoms with Crippen LogP contribution in [0.1, 0.15) is 19.8 Å². The molecule has 22 heavy (non-hydrogen) atoms. The molecule has 6 nitrogen and oxygen atoms in total. The number of carbonyl (C=O) groups is 1. The number of hydrogen-bond donors (Lipinski definition) is 1. The van der Waals surface area contributed by atoms with Gasteiger partial charge in [0.1, 0.15) is 10.6 Å². The van der Waals surface area contributed by atoms with E-state index in [2.05, 4.69) is 4.72 Å². The monoisotopic (exact) mass is 346 g/mol. The van der Waals surface area contributed by atoms with Gasteiger partial charge in [0, 0.05) is 31.1 Å². The third kappa shape index (κ3) is 4.12. The topological polar surface area (TPSA) is 75.7 Å². The third-order valence-corrected chi connectivity index (χ3v) is 5.17. The van der Waals surface area contributed by atoms with Crippen LogP contribution in [-0.2, 0) is 14.8 Å². The fourth-order valence-electron chi connectivity index (χ4n) is 2.22. The van der Waals surface area contributed by atoms with Crippen LogP contribution in [0.25, 0.3) is 0 Å². The molecule has 0 aliphatic heterocycles. The first-order chi connectivity index (χ1) is 10.3. The van der Waals surface area contributed by atoms with Gasteiger partial charge in [0.25, 0.3) is 0 Å². The van der Waals surface area contributed by atoms with Crippen LogP contribution in [0.5, 0.6) is 5.75 Å². The van der Waals surface area contributed by atoms with Crippen LogP contribution in [0.2, 0.25) is 5.02 Å². The molecule has 0 aromatic heterocycles. The van der Waals surface area contributed by atoms with Gasteiger partial charge in [-0.2, -0.15) is 0 Å². The summed E-state index contributed by atoms with van der Waals surface area (Å²) in [5.74, 6) is 0.185. The van der Waals surface area contributed by atoms with Crippen LogP contribution in [-0.4, -0.2) is 45.5 Å². The number of methoxy groups -OCH3 is 1. The quantitative estimate of drug-likeness (QED) is 0.814. The molecule has 0 saturated heterocycles. The highest BCUT2D eigenvalue weighted by Gasteiger charge is 2.30. The number of halogens is 1. The van der Waals surface area contributed by atoms with E-state index in [0.29, 0.717) is 11.6 Å². The Labute approximate surface area is 135 Å². The maximum atomic E-state index is 12.3. The summed E-state index contributed by atoms with van der Waals surface area (Å²) in [5.41, 5.74) is 0. The number of nitrogens with zero attached hydrogens (tertiary/aromatic N) is 1. The van der Waals surface area contributed by atoms with E-state index in [1.807, 2.05) is 0 Å². The summed E-state index contributed by atoms with van der Waals surface area (Å²) in [4.78, 5) is 13.2. The Bertz CT molecular complexity index is 659. The Kier molecular flexibility index (Phi) is 5.31. The van der Waals surface area contributed by atoms with E-state index in [4.69, 9.17) is 16.3 Å². The number of rotatable bonds is 7. The normalized spacial score (nSPS) is 14.7. The van der Waals surface area contributed by atoms with Crippen molar-refractivity contribution in [3.8, 4) is 5.75 Å². The van der Waals surface area contributed by atoms with Gasteiger partial charge in [-0.25, -0.2) is 13.1 Å². The van der Waals surface area contributed by atoms with E-state index >= 15 is 0 Å². The summed E-state index contributed by atoms with van der Waals surface area (Å²) in [7, 11) is -2.35. The van der Waals surface area contributed by atoms with Crippen molar-refractivity contribution in [1.29, 1.82) is 0 Å². The van der Waals surface area contributed by atoms with Crippen molar-refractivity contribution in [1.82, 2.24) is 9.62 Å². The first-order valence-corrected chi connectivity index (χ1v) is 8.81. The Morgan fingerprint density at radius 2 is 2.14 bits per heavy atom. The number of amides is 1. The number of sulfonamides is 1. The summed E-state index contributed by atoms with van der Waals surface area (Å²) in [6, 6.07) is 4.65. The fraction of sp³-hybridized carbons (Fsp3) is 0.500. The molecule has 1 aliphatic rings. The van der Waals surface area contributed by atoms with Crippen LogP contribution < -0.4 is 9.46 Å². The lowest BCUT2D eigenvalue weighted by molar-refractivity contribution is -0.129. The SMILES string of the molecule is COc1ccc(Cl)cc1S(=O)(=O)NCCN(C(C)=O)C1CC1. The van der Waals surface area contributed by atoms with E-state index in [0.717, 1.165) is 12.8 Å². The lowest BCUT2D eigenvalue weighted by Crippen LogP contribution is -2.38. The van der Waals surface area contributed by atoms with Gasteiger partial charge in [-0.3, -0.25) is 4.79 Å². The van der Waals surface area contributed by atoms with Gasteiger partial charge in [-0.05, 0) is 31.0 Å². The second kappa shape index (κ2) is 6.85. The number of carbonyl (C=O) groups excluding carboxylic acids is 1. The molecule has 0 atom stereocenters. The second-order valence-corrected chi connectivity index (χ2v) is 7.31. The molecule has 2 rings (SSSR count). The first kappa shape index (κ1) is 17.1. The zero-order valence-electron chi connectivity index (χ0n) is 12.5. The van der Waals surface area contributed by atoms with Crippen molar-refractivity contribution >= 4 is 27.5 Å². The molecule has 0 bridgehead atoms. The first-order valence-electron chi connectivity index (χ1n) is 6.95. The van der Waals surface area contributed by atoms with Gasteiger partial charge in [-0.1, -0.05) is 11.6 Å². The highest BCUT2D eigenvalue weighted by atomic mass is 35.5. The molecule has 1 aromatic rings. The fourth-order valence-corrected chi connectivity index (χ4v) is 3.67. The van der Waals surface area contributed by atoms with Crippen molar-refractivity contribution in [2.75, 3.05) is 20.2 Å². The standard InChI is InChI=1S/C14H19ClN2O4S/c1-10(18)17(12-4-5-12)8-7-16-22(19,20)14-9-11(15)3-6-13(14)21-2/h3,6,9,12,16H,4-5,7-8H2,1-2H3. The van der Waals surface area contributed by atoms with Crippen molar-refractivity contribution in [3.63, 3.8) is 0 Å². The molecule has 1 aromatic carbocycles. The molecule has 0 spiro atoms. The summed E-state index contributed by atoms with van der Waals surface area (Å²) in [6.45, 7) is 1.99. The highest BCUT2D eigenvalue weighted by molar-refractivity contribution is 7.89. The molecular weight excluding hydrogens is 328 g/mol. The van der Waals surface area contributed by atoms with Gasteiger partial charge in [0.05, 0.1) is 7.11 Å². The molecule has 0 unspecified atom stereocenters. The zero-order valence-corrected chi connectivity index (χ0v) is 14.1. The molecule has 0 heterocycles. The Hall–Kier alpha value is -1.31. The predicted octanol–water partition coefficient (Wildman–Crippen LogP) is 1.64. The summed E-state index contributed by atoms with van der Waals surface area (Å²) in [5, 5.41) is 0.310. The molecule has 0 radical (unpaired) electrons. The zero-order chi connectivity index (χ0) is 16.3. The lowest BCUT2D eigenvalue weighted by atomic mass is 10.3. The van der Waals surface area contributed by atoms with E-state index in [9.17, 15) is 13.2 Å². The van der Waals surface area contributed by atoms with Crippen LogP contribution in [0.15, 0.2) is 23.1 Å². The third-order valence-electron chi connectivity index (χ3n) is 3.45. The number of nitrogens with one attached hydrogen (secondary N) is 1. The van der Waals surface area contributed by atoms with E-state index in [1.165, 1.54) is 26.2 Å². The van der Waals surface area contributed by atoms with Gasteiger partial charge in [-0.15, -0.1) is 0 Å². The Morgan fingerprint density at radius 3 is 2.68 bits per heavy atom. The Balaban J connectivity index is 2.05. The minimum absolute atomic E-state index is 0.0108. The summed E-state index contributed by atoms with van der Waals surface area (Å²) >= 11 is 5.86. The van der Waals surface area contributed by atoms with Crippen molar-refractivity contribution in [2.45, 2.75) is 30.7 Å². The molecule has 1 aliphatic carbocycles. The maximum Gasteiger partial charge on any atom is 0.244 e. The van der Waals surface area contributed by atoms with Crippen LogP contribution in [0, 0.1) is 0 Å². The molecular formula is C14H19ClN2O4S. The van der Waals surface area contributed by atoms with Crippen LogP contribution in [0.3, 0.4) is 0 Å². The number of benzene rings is 1. The highest BCUT2D eigenvalue weighted by Crippen LogP contribution is 2.28. The molecule has 1 fully saturated rings. The molecule has 1 amide bonds. The maximum absolute atomic E-state index is 12.3. The van der Waals surface area contributed by atoms with Crippen LogP contribution in [0.4, 0.5) is 0 Å². The average Bonchev–Trinajstić information content (AvgIpc) is 3.27. The average molecular weight is 347 g/mol. The molecule has 122 valence electrons. The van der Waals surface area contributed by atoms with Gasteiger partial charge in [0.15, 0.2) is 0 Å². The van der Waals surface area contributed by atoms with Gasteiger partial charge in [0.2, 0.25) is 15.9 Å². The van der Waals surface area contributed by atoms with E-state index in [1.54, 1.807) is 11.0 Å². The second-order valence-electron chi connectivity index (χ2n) is 5.14.